The van der Waals surface area contributed by atoms with Crippen LogP contribution in [0.1, 0.15) is 25.0 Å². The first-order valence-electron chi connectivity index (χ1n) is 7.65. The standard InChI is InChI=1S/C19H18O4/c1-3-21-17-10-9-13(12-18(17)22-4-2)11-15-14-7-5-6-8-16(14)23-19(15)20/h5-12H,3-4H2,1-2H3/b15-11-. The Hall–Kier alpha value is -2.75. The summed E-state index contributed by atoms with van der Waals surface area (Å²) in [5, 5.41) is 0. The van der Waals surface area contributed by atoms with Crippen LogP contribution in [0.3, 0.4) is 0 Å². The van der Waals surface area contributed by atoms with Gasteiger partial charge in [-0.3, -0.25) is 0 Å². The van der Waals surface area contributed by atoms with Crippen molar-refractivity contribution in [2.45, 2.75) is 13.8 Å². The first kappa shape index (κ1) is 15.2. The van der Waals surface area contributed by atoms with Crippen molar-refractivity contribution in [3.8, 4) is 17.2 Å². The highest BCUT2D eigenvalue weighted by Crippen LogP contribution is 2.36. The van der Waals surface area contributed by atoms with Crippen molar-refractivity contribution in [1.82, 2.24) is 0 Å². The van der Waals surface area contributed by atoms with E-state index in [0.29, 0.717) is 36.0 Å². The maximum absolute atomic E-state index is 12.1. The number of carbonyl (C=O) groups excluding carboxylic acids is 1. The van der Waals surface area contributed by atoms with Crippen LogP contribution in [0.4, 0.5) is 0 Å². The molecule has 0 spiro atoms. The predicted octanol–water partition coefficient (Wildman–Crippen LogP) is 3.94. The van der Waals surface area contributed by atoms with E-state index in [1.165, 1.54) is 0 Å². The molecule has 2 aromatic carbocycles. The molecule has 1 heterocycles. The minimum absolute atomic E-state index is 0.335. The lowest BCUT2D eigenvalue weighted by Gasteiger charge is -2.11. The van der Waals surface area contributed by atoms with Gasteiger partial charge in [-0.15, -0.1) is 0 Å². The Morgan fingerprint density at radius 2 is 1.74 bits per heavy atom. The van der Waals surface area contributed by atoms with Gasteiger partial charge in [-0.05, 0) is 43.7 Å². The fraction of sp³-hybridized carbons (Fsp3) is 0.211. The minimum Gasteiger partial charge on any atom is -0.490 e. The van der Waals surface area contributed by atoms with Gasteiger partial charge in [0, 0.05) is 5.56 Å². The molecule has 4 heteroatoms. The maximum Gasteiger partial charge on any atom is 0.344 e. The quantitative estimate of drug-likeness (QED) is 0.476. The van der Waals surface area contributed by atoms with Crippen LogP contribution in [-0.4, -0.2) is 19.2 Å². The zero-order chi connectivity index (χ0) is 16.2. The van der Waals surface area contributed by atoms with Crippen LogP contribution in [0, 0.1) is 0 Å². The Morgan fingerprint density at radius 1 is 1.00 bits per heavy atom. The summed E-state index contributed by atoms with van der Waals surface area (Å²) in [6.45, 7) is 4.97. The number of ether oxygens (including phenoxy) is 3. The molecule has 118 valence electrons. The van der Waals surface area contributed by atoms with Crippen molar-refractivity contribution in [3.63, 3.8) is 0 Å². The van der Waals surface area contributed by atoms with Gasteiger partial charge >= 0.3 is 5.97 Å². The molecule has 1 aliphatic heterocycles. The smallest absolute Gasteiger partial charge is 0.344 e. The highest BCUT2D eigenvalue weighted by atomic mass is 16.5. The minimum atomic E-state index is -0.335. The molecule has 4 nitrogen and oxygen atoms in total. The number of carbonyl (C=O) groups is 1. The molecule has 0 aromatic heterocycles. The number of hydrogen-bond acceptors (Lipinski definition) is 4. The van der Waals surface area contributed by atoms with Gasteiger partial charge < -0.3 is 14.2 Å². The molecule has 0 atom stereocenters. The molecular weight excluding hydrogens is 292 g/mol. The Balaban J connectivity index is 1.99. The Bertz CT molecular complexity index is 762. The summed E-state index contributed by atoms with van der Waals surface area (Å²) in [7, 11) is 0. The average Bonchev–Trinajstić information content (AvgIpc) is 2.86. The normalized spacial score (nSPS) is 14.5. The van der Waals surface area contributed by atoms with Gasteiger partial charge in [0.15, 0.2) is 11.5 Å². The van der Waals surface area contributed by atoms with Crippen LogP contribution in [0.15, 0.2) is 42.5 Å². The Labute approximate surface area is 135 Å². The van der Waals surface area contributed by atoms with Crippen molar-refractivity contribution >= 4 is 17.6 Å². The maximum atomic E-state index is 12.1. The van der Waals surface area contributed by atoms with E-state index in [2.05, 4.69) is 0 Å². The van der Waals surface area contributed by atoms with Crippen molar-refractivity contribution < 1.29 is 19.0 Å². The first-order chi connectivity index (χ1) is 11.2. The van der Waals surface area contributed by atoms with E-state index in [1.807, 2.05) is 56.3 Å². The summed E-state index contributed by atoms with van der Waals surface area (Å²) in [6, 6.07) is 13.0. The van der Waals surface area contributed by atoms with E-state index in [9.17, 15) is 4.79 Å². The van der Waals surface area contributed by atoms with Crippen molar-refractivity contribution in [2.75, 3.05) is 13.2 Å². The molecule has 2 aromatic rings. The monoisotopic (exact) mass is 310 g/mol. The van der Waals surface area contributed by atoms with Gasteiger partial charge in [-0.1, -0.05) is 24.3 Å². The molecule has 23 heavy (non-hydrogen) atoms. The van der Waals surface area contributed by atoms with E-state index in [1.54, 1.807) is 6.07 Å². The van der Waals surface area contributed by atoms with Gasteiger partial charge in [0.25, 0.3) is 0 Å². The highest BCUT2D eigenvalue weighted by molar-refractivity contribution is 6.25. The number of rotatable bonds is 5. The summed E-state index contributed by atoms with van der Waals surface area (Å²) in [5.41, 5.74) is 2.22. The molecule has 0 aliphatic carbocycles. The summed E-state index contributed by atoms with van der Waals surface area (Å²) in [6.07, 6.45) is 1.81. The molecule has 0 saturated heterocycles. The van der Waals surface area contributed by atoms with Crippen LogP contribution in [0.25, 0.3) is 11.6 Å². The summed E-state index contributed by atoms with van der Waals surface area (Å²) in [5.74, 6) is 1.63. The number of fused-ring (bicyclic) bond motifs is 1. The fourth-order valence-electron chi connectivity index (χ4n) is 2.50. The van der Waals surface area contributed by atoms with Gasteiger partial charge in [0.1, 0.15) is 5.75 Å². The third-order valence-corrected chi connectivity index (χ3v) is 3.48. The Kier molecular flexibility index (Phi) is 4.33. The van der Waals surface area contributed by atoms with Crippen molar-refractivity contribution in [2.24, 2.45) is 0 Å². The van der Waals surface area contributed by atoms with Gasteiger partial charge in [0.2, 0.25) is 0 Å². The van der Waals surface area contributed by atoms with Crippen LogP contribution < -0.4 is 14.2 Å². The fourth-order valence-corrected chi connectivity index (χ4v) is 2.50. The van der Waals surface area contributed by atoms with Crippen LogP contribution in [0.2, 0.25) is 0 Å². The second-order valence-corrected chi connectivity index (χ2v) is 5.02. The second kappa shape index (κ2) is 6.57. The number of para-hydroxylation sites is 1. The highest BCUT2D eigenvalue weighted by Gasteiger charge is 2.26. The number of esters is 1. The Morgan fingerprint density at radius 3 is 2.52 bits per heavy atom. The summed E-state index contributed by atoms with van der Waals surface area (Å²) in [4.78, 5) is 12.1. The van der Waals surface area contributed by atoms with Gasteiger partial charge in [0.05, 0.1) is 18.8 Å². The van der Waals surface area contributed by atoms with Crippen LogP contribution >= 0.6 is 0 Å². The van der Waals surface area contributed by atoms with Crippen molar-refractivity contribution in [3.05, 3.63) is 53.6 Å². The third-order valence-electron chi connectivity index (χ3n) is 3.48. The molecule has 3 rings (SSSR count). The van der Waals surface area contributed by atoms with Gasteiger partial charge in [-0.2, -0.15) is 0 Å². The number of benzene rings is 2. The zero-order valence-corrected chi connectivity index (χ0v) is 13.2. The number of hydrogen-bond donors (Lipinski definition) is 0. The molecule has 0 unspecified atom stereocenters. The third kappa shape index (κ3) is 3.06. The van der Waals surface area contributed by atoms with Gasteiger partial charge in [-0.25, -0.2) is 4.79 Å². The lowest BCUT2D eigenvalue weighted by atomic mass is 10.0. The molecule has 0 fully saturated rings. The SMILES string of the molecule is CCOc1ccc(/C=C2\C(=O)Oc3ccccc32)cc1OCC. The first-order valence-corrected chi connectivity index (χ1v) is 7.65. The molecular formula is C19H18O4. The summed E-state index contributed by atoms with van der Waals surface area (Å²) < 4.78 is 16.4. The van der Waals surface area contributed by atoms with E-state index >= 15 is 0 Å². The second-order valence-electron chi connectivity index (χ2n) is 5.02. The zero-order valence-electron chi connectivity index (χ0n) is 13.2. The van der Waals surface area contributed by atoms with E-state index in [-0.39, 0.29) is 5.97 Å². The lowest BCUT2D eigenvalue weighted by Crippen LogP contribution is -2.01. The molecule has 0 radical (unpaired) electrons. The topological polar surface area (TPSA) is 44.8 Å². The van der Waals surface area contributed by atoms with Crippen molar-refractivity contribution in [1.29, 1.82) is 0 Å². The predicted molar refractivity (Wildman–Crippen MR) is 88.7 cm³/mol. The summed E-state index contributed by atoms with van der Waals surface area (Å²) >= 11 is 0. The van der Waals surface area contributed by atoms with Crippen LogP contribution in [0.5, 0.6) is 17.2 Å². The molecule has 1 aliphatic rings. The average molecular weight is 310 g/mol. The molecule has 0 bridgehead atoms. The lowest BCUT2D eigenvalue weighted by molar-refractivity contribution is -0.126. The van der Waals surface area contributed by atoms with E-state index in [0.717, 1.165) is 11.1 Å². The molecule has 0 amide bonds. The van der Waals surface area contributed by atoms with E-state index < -0.39 is 0 Å². The van der Waals surface area contributed by atoms with Crippen LogP contribution in [-0.2, 0) is 4.79 Å². The largest absolute Gasteiger partial charge is 0.490 e. The molecule has 0 saturated carbocycles. The van der Waals surface area contributed by atoms with E-state index in [4.69, 9.17) is 14.2 Å². The molecule has 0 N–H and O–H groups in total.